The van der Waals surface area contributed by atoms with Crippen LogP contribution in [-0.4, -0.2) is 5.91 Å². The van der Waals surface area contributed by atoms with E-state index in [9.17, 15) is 4.79 Å². The Kier molecular flexibility index (Phi) is 4.20. The number of hydrogen-bond acceptors (Lipinski definition) is 2. The van der Waals surface area contributed by atoms with Gasteiger partial charge in [-0.15, -0.1) is 0 Å². The number of anilines is 1. The van der Waals surface area contributed by atoms with E-state index in [1.807, 2.05) is 30.3 Å². The van der Waals surface area contributed by atoms with Crippen LogP contribution >= 0.6 is 11.6 Å². The molecule has 0 aliphatic rings. The van der Waals surface area contributed by atoms with Gasteiger partial charge in [0.1, 0.15) is 0 Å². The molecule has 0 radical (unpaired) electrons. The summed E-state index contributed by atoms with van der Waals surface area (Å²) in [6, 6.07) is 16.7. The van der Waals surface area contributed by atoms with Gasteiger partial charge in [0.15, 0.2) is 0 Å². The van der Waals surface area contributed by atoms with Crippen molar-refractivity contribution < 1.29 is 4.79 Å². The van der Waals surface area contributed by atoms with Crippen LogP contribution in [0.3, 0.4) is 0 Å². The Morgan fingerprint density at radius 1 is 1.00 bits per heavy atom. The SMILES string of the molecule is O=C(Cc1ccccc1)NNc1ccc(Cl)cc1. The number of carbonyl (C=O) groups is 1. The second-order valence-corrected chi connectivity index (χ2v) is 4.28. The molecule has 0 atom stereocenters. The summed E-state index contributed by atoms with van der Waals surface area (Å²) in [7, 11) is 0. The number of hydrogen-bond donors (Lipinski definition) is 2. The molecule has 1 amide bonds. The summed E-state index contributed by atoms with van der Waals surface area (Å²) in [6.45, 7) is 0. The van der Waals surface area contributed by atoms with Crippen LogP contribution < -0.4 is 10.9 Å². The predicted molar refractivity (Wildman–Crippen MR) is 73.4 cm³/mol. The molecule has 2 N–H and O–H groups in total. The number of halogens is 1. The fourth-order valence-electron chi connectivity index (χ4n) is 1.50. The fraction of sp³-hybridized carbons (Fsp3) is 0.0714. The van der Waals surface area contributed by atoms with Crippen molar-refractivity contribution in [3.05, 3.63) is 65.2 Å². The first-order valence-electron chi connectivity index (χ1n) is 5.58. The average Bonchev–Trinajstić information content (AvgIpc) is 2.39. The summed E-state index contributed by atoms with van der Waals surface area (Å²) in [5, 5.41) is 0.663. The van der Waals surface area contributed by atoms with Gasteiger partial charge in [0.2, 0.25) is 5.91 Å². The van der Waals surface area contributed by atoms with Crippen molar-refractivity contribution in [3.63, 3.8) is 0 Å². The Morgan fingerprint density at radius 3 is 2.33 bits per heavy atom. The average molecular weight is 261 g/mol. The molecule has 0 heterocycles. The lowest BCUT2D eigenvalue weighted by molar-refractivity contribution is -0.119. The zero-order chi connectivity index (χ0) is 12.8. The molecule has 0 aliphatic carbocycles. The smallest absolute Gasteiger partial charge is 0.242 e. The van der Waals surface area contributed by atoms with E-state index in [2.05, 4.69) is 10.9 Å². The van der Waals surface area contributed by atoms with Crippen molar-refractivity contribution in [2.45, 2.75) is 6.42 Å². The molecule has 2 aromatic rings. The number of nitrogens with one attached hydrogen (secondary N) is 2. The van der Waals surface area contributed by atoms with Crippen LogP contribution in [0.4, 0.5) is 5.69 Å². The van der Waals surface area contributed by atoms with E-state index in [1.54, 1.807) is 24.3 Å². The Balaban J connectivity index is 1.83. The monoisotopic (exact) mass is 260 g/mol. The third-order valence-corrected chi connectivity index (χ3v) is 2.65. The number of amides is 1. The highest BCUT2D eigenvalue weighted by molar-refractivity contribution is 6.30. The molecule has 0 unspecified atom stereocenters. The lowest BCUT2D eigenvalue weighted by atomic mass is 10.1. The van der Waals surface area contributed by atoms with Crippen LogP contribution in [0.1, 0.15) is 5.56 Å². The molecule has 0 aromatic heterocycles. The molecule has 0 bridgehead atoms. The topological polar surface area (TPSA) is 41.1 Å². The molecule has 0 saturated carbocycles. The van der Waals surface area contributed by atoms with Crippen molar-refractivity contribution in [1.29, 1.82) is 0 Å². The molecule has 2 rings (SSSR count). The van der Waals surface area contributed by atoms with E-state index >= 15 is 0 Å². The van der Waals surface area contributed by atoms with E-state index in [4.69, 9.17) is 11.6 Å². The quantitative estimate of drug-likeness (QED) is 0.830. The van der Waals surface area contributed by atoms with Crippen LogP contribution in [0.5, 0.6) is 0 Å². The standard InChI is InChI=1S/C14H13ClN2O/c15-12-6-8-13(9-7-12)16-17-14(18)10-11-4-2-1-3-5-11/h1-9,16H,10H2,(H,17,18). The largest absolute Gasteiger partial charge is 0.299 e. The van der Waals surface area contributed by atoms with E-state index in [1.165, 1.54) is 0 Å². The summed E-state index contributed by atoms with van der Waals surface area (Å²) >= 11 is 5.77. The van der Waals surface area contributed by atoms with Crippen molar-refractivity contribution in [1.82, 2.24) is 5.43 Å². The molecule has 4 heteroatoms. The van der Waals surface area contributed by atoms with Crippen LogP contribution in [-0.2, 0) is 11.2 Å². The Bertz CT molecular complexity index is 511. The molecule has 0 spiro atoms. The minimum absolute atomic E-state index is 0.0869. The Labute approximate surface area is 111 Å². The molecule has 18 heavy (non-hydrogen) atoms. The zero-order valence-electron chi connectivity index (χ0n) is 9.69. The summed E-state index contributed by atoms with van der Waals surface area (Å²) in [4.78, 5) is 11.7. The van der Waals surface area contributed by atoms with Gasteiger partial charge in [0, 0.05) is 5.02 Å². The normalized spacial score (nSPS) is 9.83. The fourth-order valence-corrected chi connectivity index (χ4v) is 1.63. The maximum absolute atomic E-state index is 11.7. The van der Waals surface area contributed by atoms with Gasteiger partial charge in [-0.05, 0) is 29.8 Å². The lowest BCUT2D eigenvalue weighted by Gasteiger charge is -2.08. The van der Waals surface area contributed by atoms with Crippen LogP contribution in [0.2, 0.25) is 5.02 Å². The number of benzene rings is 2. The van der Waals surface area contributed by atoms with E-state index in [0.717, 1.165) is 11.3 Å². The van der Waals surface area contributed by atoms with Gasteiger partial charge in [0.05, 0.1) is 12.1 Å². The third kappa shape index (κ3) is 3.79. The summed E-state index contributed by atoms with van der Waals surface area (Å²) < 4.78 is 0. The molecule has 0 saturated heterocycles. The highest BCUT2D eigenvalue weighted by Crippen LogP contribution is 2.12. The highest BCUT2D eigenvalue weighted by Gasteiger charge is 2.01. The van der Waals surface area contributed by atoms with Gasteiger partial charge in [-0.25, -0.2) is 0 Å². The maximum atomic E-state index is 11.7. The minimum Gasteiger partial charge on any atom is -0.299 e. The van der Waals surface area contributed by atoms with E-state index in [-0.39, 0.29) is 5.91 Å². The zero-order valence-corrected chi connectivity index (χ0v) is 10.4. The first kappa shape index (κ1) is 12.5. The lowest BCUT2D eigenvalue weighted by Crippen LogP contribution is -2.30. The Morgan fingerprint density at radius 2 is 1.67 bits per heavy atom. The van der Waals surface area contributed by atoms with Crippen molar-refractivity contribution in [2.75, 3.05) is 5.43 Å². The highest BCUT2D eigenvalue weighted by atomic mass is 35.5. The number of rotatable bonds is 4. The van der Waals surface area contributed by atoms with Gasteiger partial charge < -0.3 is 0 Å². The summed E-state index contributed by atoms with van der Waals surface area (Å²) in [5.41, 5.74) is 7.24. The second-order valence-electron chi connectivity index (χ2n) is 3.84. The maximum Gasteiger partial charge on any atom is 0.242 e. The van der Waals surface area contributed by atoms with Gasteiger partial charge in [-0.3, -0.25) is 15.6 Å². The first-order chi connectivity index (χ1) is 8.74. The minimum atomic E-state index is -0.0869. The van der Waals surface area contributed by atoms with Crippen molar-refractivity contribution >= 4 is 23.2 Å². The number of hydrazine groups is 1. The van der Waals surface area contributed by atoms with Gasteiger partial charge in [-0.1, -0.05) is 41.9 Å². The molecule has 92 valence electrons. The van der Waals surface area contributed by atoms with Crippen LogP contribution in [0.15, 0.2) is 54.6 Å². The summed E-state index contributed by atoms with van der Waals surface area (Å²) in [6.07, 6.45) is 0.349. The second kappa shape index (κ2) is 6.07. The summed E-state index contributed by atoms with van der Waals surface area (Å²) in [5.74, 6) is -0.0869. The molecular weight excluding hydrogens is 248 g/mol. The van der Waals surface area contributed by atoms with Crippen molar-refractivity contribution in [3.8, 4) is 0 Å². The first-order valence-corrected chi connectivity index (χ1v) is 5.96. The van der Waals surface area contributed by atoms with Gasteiger partial charge >= 0.3 is 0 Å². The molecular formula is C14H13ClN2O. The van der Waals surface area contributed by atoms with Gasteiger partial charge in [-0.2, -0.15) is 0 Å². The predicted octanol–water partition coefficient (Wildman–Crippen LogP) is 3.03. The molecule has 2 aromatic carbocycles. The Hall–Kier alpha value is -2.00. The van der Waals surface area contributed by atoms with Crippen molar-refractivity contribution in [2.24, 2.45) is 0 Å². The van der Waals surface area contributed by atoms with Crippen LogP contribution in [0.25, 0.3) is 0 Å². The molecule has 3 nitrogen and oxygen atoms in total. The van der Waals surface area contributed by atoms with Crippen LogP contribution in [0, 0.1) is 0 Å². The van der Waals surface area contributed by atoms with E-state index < -0.39 is 0 Å². The van der Waals surface area contributed by atoms with Gasteiger partial charge in [0.25, 0.3) is 0 Å². The molecule has 0 aliphatic heterocycles. The third-order valence-electron chi connectivity index (χ3n) is 2.40. The molecule has 0 fully saturated rings. The number of carbonyl (C=O) groups excluding carboxylic acids is 1. The van der Waals surface area contributed by atoms with E-state index in [0.29, 0.717) is 11.4 Å².